The summed E-state index contributed by atoms with van der Waals surface area (Å²) in [6, 6.07) is 3.67. The van der Waals surface area contributed by atoms with Crippen molar-refractivity contribution in [2.24, 2.45) is 5.92 Å². The van der Waals surface area contributed by atoms with Crippen molar-refractivity contribution < 1.29 is 9.53 Å². The molecule has 0 aliphatic carbocycles. The molecule has 1 saturated heterocycles. The fourth-order valence-corrected chi connectivity index (χ4v) is 2.83. The van der Waals surface area contributed by atoms with E-state index in [2.05, 4.69) is 6.92 Å². The van der Waals surface area contributed by atoms with E-state index in [1.807, 2.05) is 24.0 Å². The molecular formula is C15H20ClNO2. The molecule has 1 aromatic carbocycles. The van der Waals surface area contributed by atoms with Crippen LogP contribution in [0.25, 0.3) is 0 Å². The molecule has 0 bridgehead atoms. The molecule has 2 rings (SSSR count). The van der Waals surface area contributed by atoms with Crippen LogP contribution in [0.2, 0.25) is 5.02 Å². The third kappa shape index (κ3) is 3.03. The summed E-state index contributed by atoms with van der Waals surface area (Å²) in [5, 5.41) is 0.497. The monoisotopic (exact) mass is 281 g/mol. The van der Waals surface area contributed by atoms with Crippen molar-refractivity contribution in [1.29, 1.82) is 0 Å². The maximum Gasteiger partial charge on any atom is 0.257 e. The second kappa shape index (κ2) is 5.83. The van der Waals surface area contributed by atoms with Crippen molar-refractivity contribution in [3.63, 3.8) is 0 Å². The van der Waals surface area contributed by atoms with Crippen LogP contribution in [0.1, 0.15) is 35.7 Å². The van der Waals surface area contributed by atoms with Crippen molar-refractivity contribution >= 4 is 17.5 Å². The average molecular weight is 282 g/mol. The molecule has 4 heteroatoms. The Morgan fingerprint density at radius 2 is 2.00 bits per heavy atom. The zero-order valence-electron chi connectivity index (χ0n) is 11.7. The molecule has 0 radical (unpaired) electrons. The number of hydrogen-bond acceptors (Lipinski definition) is 2. The van der Waals surface area contributed by atoms with Gasteiger partial charge >= 0.3 is 0 Å². The smallest absolute Gasteiger partial charge is 0.257 e. The Morgan fingerprint density at radius 3 is 2.58 bits per heavy atom. The third-order valence-electron chi connectivity index (χ3n) is 3.69. The molecule has 0 aromatic heterocycles. The average Bonchev–Trinajstić information content (AvgIpc) is 2.38. The van der Waals surface area contributed by atoms with E-state index >= 15 is 0 Å². The molecule has 1 heterocycles. The fraction of sp³-hybridized carbons (Fsp3) is 0.533. The van der Waals surface area contributed by atoms with Gasteiger partial charge in [-0.3, -0.25) is 4.79 Å². The van der Waals surface area contributed by atoms with Crippen LogP contribution in [0.5, 0.6) is 5.75 Å². The minimum absolute atomic E-state index is 0.0225. The minimum Gasteiger partial charge on any atom is -0.494 e. The maximum absolute atomic E-state index is 12.6. The van der Waals surface area contributed by atoms with Gasteiger partial charge in [-0.1, -0.05) is 18.5 Å². The molecule has 0 spiro atoms. The van der Waals surface area contributed by atoms with E-state index < -0.39 is 0 Å². The number of amides is 1. The number of hydrogen-bond donors (Lipinski definition) is 0. The third-order valence-corrected chi connectivity index (χ3v) is 3.97. The highest BCUT2D eigenvalue weighted by Gasteiger charge is 2.25. The lowest BCUT2D eigenvalue weighted by molar-refractivity contribution is 0.0694. The number of ether oxygens (including phenoxy) is 1. The second-order valence-corrected chi connectivity index (χ2v) is 5.71. The summed E-state index contributed by atoms with van der Waals surface area (Å²) in [7, 11) is 1.55. The van der Waals surface area contributed by atoms with Crippen molar-refractivity contribution in [1.82, 2.24) is 4.90 Å². The number of aryl methyl sites for hydroxylation is 1. The number of carbonyl (C=O) groups is 1. The molecule has 1 fully saturated rings. The van der Waals surface area contributed by atoms with E-state index in [1.54, 1.807) is 7.11 Å². The summed E-state index contributed by atoms with van der Waals surface area (Å²) in [4.78, 5) is 14.5. The lowest BCUT2D eigenvalue weighted by Gasteiger charge is -2.30. The Bertz CT molecular complexity index is 479. The SMILES string of the molecule is COc1c(Cl)cc(C)cc1C(=O)N1CCC(C)CC1. The summed E-state index contributed by atoms with van der Waals surface area (Å²) in [5.74, 6) is 1.21. The van der Waals surface area contributed by atoms with Crippen LogP contribution < -0.4 is 4.74 Å². The zero-order valence-corrected chi connectivity index (χ0v) is 12.5. The van der Waals surface area contributed by atoms with Gasteiger partial charge in [0, 0.05) is 13.1 Å². The van der Waals surface area contributed by atoms with Crippen molar-refractivity contribution in [2.75, 3.05) is 20.2 Å². The summed E-state index contributed by atoms with van der Waals surface area (Å²) in [6.45, 7) is 5.79. The van der Waals surface area contributed by atoms with Gasteiger partial charge in [-0.15, -0.1) is 0 Å². The van der Waals surface area contributed by atoms with Gasteiger partial charge in [0.25, 0.3) is 5.91 Å². The molecule has 19 heavy (non-hydrogen) atoms. The van der Waals surface area contributed by atoms with Crippen LogP contribution in [0.15, 0.2) is 12.1 Å². The Balaban J connectivity index is 2.28. The standard InChI is InChI=1S/C15H20ClNO2/c1-10-4-6-17(7-5-10)15(18)12-8-11(2)9-13(16)14(12)19-3/h8-10H,4-7H2,1-3H3. The molecule has 1 aliphatic rings. The normalized spacial score (nSPS) is 16.5. The first-order valence-corrected chi connectivity index (χ1v) is 7.04. The molecule has 0 atom stereocenters. The minimum atomic E-state index is 0.0225. The van der Waals surface area contributed by atoms with Gasteiger partial charge in [0.05, 0.1) is 17.7 Å². The number of benzene rings is 1. The predicted octanol–water partition coefficient (Wildman–Crippen LogP) is 3.53. The van der Waals surface area contributed by atoms with Crippen LogP contribution in [-0.2, 0) is 0 Å². The molecule has 1 aromatic rings. The number of rotatable bonds is 2. The van der Waals surface area contributed by atoms with E-state index in [1.165, 1.54) is 0 Å². The molecule has 0 unspecified atom stereocenters. The molecular weight excluding hydrogens is 262 g/mol. The van der Waals surface area contributed by atoms with Crippen molar-refractivity contribution in [3.8, 4) is 5.75 Å². The van der Waals surface area contributed by atoms with Gasteiger partial charge in [0.15, 0.2) is 0 Å². The van der Waals surface area contributed by atoms with Crippen molar-refractivity contribution in [2.45, 2.75) is 26.7 Å². The summed E-state index contributed by atoms with van der Waals surface area (Å²) in [6.07, 6.45) is 2.13. The van der Waals surface area contributed by atoms with Gasteiger partial charge in [-0.25, -0.2) is 0 Å². The van der Waals surface area contributed by atoms with Crippen LogP contribution in [0.4, 0.5) is 0 Å². The maximum atomic E-state index is 12.6. The highest BCUT2D eigenvalue weighted by atomic mass is 35.5. The second-order valence-electron chi connectivity index (χ2n) is 5.30. The van der Waals surface area contributed by atoms with Crippen LogP contribution in [-0.4, -0.2) is 31.0 Å². The first-order valence-electron chi connectivity index (χ1n) is 6.66. The quantitative estimate of drug-likeness (QED) is 0.830. The highest BCUT2D eigenvalue weighted by Crippen LogP contribution is 2.31. The fourth-order valence-electron chi connectivity index (χ4n) is 2.48. The van der Waals surface area contributed by atoms with Gasteiger partial charge < -0.3 is 9.64 Å². The van der Waals surface area contributed by atoms with E-state index in [4.69, 9.17) is 16.3 Å². The topological polar surface area (TPSA) is 29.5 Å². The number of likely N-dealkylation sites (tertiary alicyclic amines) is 1. The predicted molar refractivity (Wildman–Crippen MR) is 77.0 cm³/mol. The number of nitrogens with zero attached hydrogens (tertiary/aromatic N) is 1. The van der Waals surface area contributed by atoms with Gasteiger partial charge in [0.1, 0.15) is 5.75 Å². The summed E-state index contributed by atoms with van der Waals surface area (Å²) in [5.41, 5.74) is 1.54. The number of methoxy groups -OCH3 is 1. The van der Waals surface area contributed by atoms with Crippen LogP contribution in [0, 0.1) is 12.8 Å². The number of halogens is 1. The van der Waals surface area contributed by atoms with Crippen LogP contribution >= 0.6 is 11.6 Å². The first-order chi connectivity index (χ1) is 9.02. The summed E-state index contributed by atoms with van der Waals surface area (Å²) < 4.78 is 5.28. The van der Waals surface area contributed by atoms with Gasteiger partial charge in [-0.2, -0.15) is 0 Å². The largest absolute Gasteiger partial charge is 0.494 e. The van der Waals surface area contributed by atoms with E-state index in [0.717, 1.165) is 31.5 Å². The Morgan fingerprint density at radius 1 is 1.37 bits per heavy atom. The van der Waals surface area contributed by atoms with E-state index in [9.17, 15) is 4.79 Å². The first kappa shape index (κ1) is 14.2. The lowest BCUT2D eigenvalue weighted by atomic mass is 9.98. The molecule has 1 aliphatic heterocycles. The molecule has 104 valence electrons. The Kier molecular flexibility index (Phi) is 4.35. The lowest BCUT2D eigenvalue weighted by Crippen LogP contribution is -2.38. The van der Waals surface area contributed by atoms with Crippen molar-refractivity contribution in [3.05, 3.63) is 28.3 Å². The molecule has 0 N–H and O–H groups in total. The number of carbonyl (C=O) groups excluding carboxylic acids is 1. The molecule has 0 saturated carbocycles. The highest BCUT2D eigenvalue weighted by molar-refractivity contribution is 6.32. The number of piperidine rings is 1. The zero-order chi connectivity index (χ0) is 14.0. The molecule has 1 amide bonds. The van der Waals surface area contributed by atoms with E-state index in [0.29, 0.717) is 22.3 Å². The summed E-state index contributed by atoms with van der Waals surface area (Å²) >= 11 is 6.15. The van der Waals surface area contributed by atoms with Crippen LogP contribution in [0.3, 0.4) is 0 Å². The Hall–Kier alpha value is -1.22. The molecule has 3 nitrogen and oxygen atoms in total. The van der Waals surface area contributed by atoms with Gasteiger partial charge in [0.2, 0.25) is 0 Å². The van der Waals surface area contributed by atoms with E-state index in [-0.39, 0.29) is 5.91 Å². The Labute approximate surface area is 119 Å². The van der Waals surface area contributed by atoms with Gasteiger partial charge in [-0.05, 0) is 43.4 Å².